The van der Waals surface area contributed by atoms with E-state index in [1.165, 1.54) is 17.0 Å². The molecular weight excluding hydrogens is 510 g/mol. The molecule has 3 aromatic rings. The van der Waals surface area contributed by atoms with Crippen LogP contribution in [0.4, 0.5) is 5.69 Å². The Bertz CT molecular complexity index is 1400. The van der Waals surface area contributed by atoms with Crippen molar-refractivity contribution in [3.63, 3.8) is 0 Å². The molecule has 8 heteroatoms. The van der Waals surface area contributed by atoms with Gasteiger partial charge in [0.2, 0.25) is 11.8 Å². The topological polar surface area (TPSA) is 86.8 Å². The van der Waals surface area contributed by atoms with E-state index in [-0.39, 0.29) is 23.3 Å². The molecule has 0 spiro atoms. The number of hydrogen-bond donors (Lipinski definition) is 1. The highest BCUT2D eigenvalue weighted by Crippen LogP contribution is 2.29. The van der Waals surface area contributed by atoms with Crippen LogP contribution in [0.1, 0.15) is 43.0 Å². The molecule has 0 saturated heterocycles. The Kier molecular flexibility index (Phi) is 9.92. The molecular formula is C31H39N3O4S. The molecule has 0 fully saturated rings. The summed E-state index contributed by atoms with van der Waals surface area (Å²) in [5, 5.41) is 2.91. The van der Waals surface area contributed by atoms with E-state index in [0.717, 1.165) is 26.6 Å². The summed E-state index contributed by atoms with van der Waals surface area (Å²) < 4.78 is 29.0. The van der Waals surface area contributed by atoms with Crippen LogP contribution >= 0.6 is 0 Å². The summed E-state index contributed by atoms with van der Waals surface area (Å²) in [6.07, 6.45) is 0. The summed E-state index contributed by atoms with van der Waals surface area (Å²) in [7, 11) is -4.08. The lowest BCUT2D eigenvalue weighted by Crippen LogP contribution is -2.51. The van der Waals surface area contributed by atoms with Crippen molar-refractivity contribution in [2.45, 2.75) is 59.0 Å². The molecule has 0 heterocycles. The van der Waals surface area contributed by atoms with Crippen LogP contribution in [-0.4, -0.2) is 44.3 Å². The zero-order valence-corrected chi connectivity index (χ0v) is 24.5. The van der Waals surface area contributed by atoms with Gasteiger partial charge in [0.15, 0.2) is 0 Å². The molecule has 0 aromatic heterocycles. The van der Waals surface area contributed by atoms with Crippen molar-refractivity contribution in [1.29, 1.82) is 0 Å². The predicted molar refractivity (Wildman–Crippen MR) is 156 cm³/mol. The van der Waals surface area contributed by atoms with E-state index in [0.29, 0.717) is 12.2 Å². The van der Waals surface area contributed by atoms with Crippen LogP contribution in [0.25, 0.3) is 0 Å². The molecule has 3 rings (SSSR count). The largest absolute Gasteiger partial charge is 0.354 e. The van der Waals surface area contributed by atoms with E-state index < -0.39 is 28.5 Å². The second-order valence-corrected chi connectivity index (χ2v) is 12.2. The fraction of sp³-hybridized carbons (Fsp3) is 0.355. The third kappa shape index (κ3) is 7.47. The lowest BCUT2D eigenvalue weighted by atomic mass is 10.1. The van der Waals surface area contributed by atoms with Gasteiger partial charge < -0.3 is 10.2 Å². The average molecular weight is 550 g/mol. The molecule has 2 amide bonds. The number of amides is 2. The van der Waals surface area contributed by atoms with E-state index in [4.69, 9.17) is 0 Å². The maximum atomic E-state index is 14.0. The molecule has 0 bridgehead atoms. The van der Waals surface area contributed by atoms with Crippen molar-refractivity contribution in [2.75, 3.05) is 17.4 Å². The van der Waals surface area contributed by atoms with Gasteiger partial charge in [-0.15, -0.1) is 0 Å². The smallest absolute Gasteiger partial charge is 0.264 e. The summed E-state index contributed by atoms with van der Waals surface area (Å²) >= 11 is 0. The Hall–Kier alpha value is -3.65. The third-order valence-electron chi connectivity index (χ3n) is 6.74. The predicted octanol–water partition coefficient (Wildman–Crippen LogP) is 5.00. The van der Waals surface area contributed by atoms with Gasteiger partial charge in [-0.25, -0.2) is 8.42 Å². The van der Waals surface area contributed by atoms with E-state index in [2.05, 4.69) is 5.32 Å². The van der Waals surface area contributed by atoms with Crippen LogP contribution in [0.5, 0.6) is 0 Å². The number of sulfonamides is 1. The first-order chi connectivity index (χ1) is 18.4. The lowest BCUT2D eigenvalue weighted by Gasteiger charge is -2.32. The Morgan fingerprint density at radius 1 is 0.872 bits per heavy atom. The van der Waals surface area contributed by atoms with E-state index >= 15 is 0 Å². The monoisotopic (exact) mass is 549 g/mol. The van der Waals surface area contributed by atoms with E-state index in [1.54, 1.807) is 37.3 Å². The molecule has 0 aliphatic carbocycles. The summed E-state index contributed by atoms with van der Waals surface area (Å²) in [6, 6.07) is 20.4. The maximum absolute atomic E-state index is 14.0. The third-order valence-corrected chi connectivity index (χ3v) is 8.52. The first kappa shape index (κ1) is 29.9. The van der Waals surface area contributed by atoms with Gasteiger partial charge in [-0.05, 0) is 68.5 Å². The zero-order valence-electron chi connectivity index (χ0n) is 23.6. The average Bonchev–Trinajstić information content (AvgIpc) is 2.90. The number of nitrogens with one attached hydrogen (secondary N) is 1. The lowest BCUT2D eigenvalue weighted by molar-refractivity contribution is -0.139. The molecule has 1 unspecified atom stereocenters. The van der Waals surface area contributed by atoms with Crippen LogP contribution in [0.15, 0.2) is 77.7 Å². The van der Waals surface area contributed by atoms with Gasteiger partial charge >= 0.3 is 0 Å². The fourth-order valence-corrected chi connectivity index (χ4v) is 5.77. The quantitative estimate of drug-likeness (QED) is 0.365. The number of hydrogen-bond acceptors (Lipinski definition) is 4. The minimum absolute atomic E-state index is 0.0895. The summed E-state index contributed by atoms with van der Waals surface area (Å²) in [5.74, 6) is -0.504. The number of benzene rings is 3. The van der Waals surface area contributed by atoms with Crippen LogP contribution in [0.2, 0.25) is 0 Å². The van der Waals surface area contributed by atoms with Crippen molar-refractivity contribution < 1.29 is 18.0 Å². The normalized spacial score (nSPS) is 12.2. The Labute approximate surface area is 232 Å². The Balaban J connectivity index is 2.04. The number of nitrogens with zero attached hydrogens (tertiary/aromatic N) is 2. The number of carbonyl (C=O) groups is 2. The van der Waals surface area contributed by atoms with Gasteiger partial charge in [0.25, 0.3) is 10.0 Å². The number of anilines is 1. The zero-order chi connectivity index (χ0) is 28.7. The molecule has 0 radical (unpaired) electrons. The molecule has 208 valence electrons. The standard InChI is InChI=1S/C31H39N3O4S/c1-22(2)19-32-31(36)26(6)33(20-27-14-10-12-23(3)18-27)30(35)21-34(29-17-11-13-24(4)25(29)5)39(37,38)28-15-8-7-9-16-28/h7-18,22,26H,19-21H2,1-6H3,(H,32,36). The first-order valence-electron chi connectivity index (χ1n) is 13.2. The van der Waals surface area contributed by atoms with Crippen LogP contribution in [-0.2, 0) is 26.2 Å². The molecule has 1 atom stereocenters. The van der Waals surface area contributed by atoms with Gasteiger partial charge in [-0.1, -0.05) is 74.0 Å². The molecule has 0 saturated carbocycles. The Morgan fingerprint density at radius 3 is 2.18 bits per heavy atom. The number of rotatable bonds is 11. The van der Waals surface area contributed by atoms with Crippen LogP contribution < -0.4 is 9.62 Å². The number of aryl methyl sites for hydroxylation is 2. The second-order valence-electron chi connectivity index (χ2n) is 10.4. The summed E-state index contributed by atoms with van der Waals surface area (Å²) in [6.45, 7) is 11.6. The van der Waals surface area contributed by atoms with E-state index in [1.807, 2.05) is 65.0 Å². The summed E-state index contributed by atoms with van der Waals surface area (Å²) in [5.41, 5.74) is 3.99. The van der Waals surface area contributed by atoms with Crippen LogP contribution in [0.3, 0.4) is 0 Å². The summed E-state index contributed by atoms with van der Waals surface area (Å²) in [4.78, 5) is 28.7. The van der Waals surface area contributed by atoms with Crippen molar-refractivity contribution in [2.24, 2.45) is 5.92 Å². The van der Waals surface area contributed by atoms with Gasteiger partial charge in [0.1, 0.15) is 12.6 Å². The highest BCUT2D eigenvalue weighted by Gasteiger charge is 2.33. The van der Waals surface area contributed by atoms with Gasteiger partial charge in [-0.2, -0.15) is 0 Å². The molecule has 39 heavy (non-hydrogen) atoms. The maximum Gasteiger partial charge on any atom is 0.264 e. The van der Waals surface area contributed by atoms with Gasteiger partial charge in [0, 0.05) is 13.1 Å². The highest BCUT2D eigenvalue weighted by atomic mass is 32.2. The van der Waals surface area contributed by atoms with Crippen molar-refractivity contribution in [1.82, 2.24) is 10.2 Å². The molecule has 3 aromatic carbocycles. The highest BCUT2D eigenvalue weighted by molar-refractivity contribution is 7.92. The van der Waals surface area contributed by atoms with Crippen molar-refractivity contribution >= 4 is 27.5 Å². The van der Waals surface area contributed by atoms with Gasteiger partial charge in [-0.3, -0.25) is 13.9 Å². The first-order valence-corrected chi connectivity index (χ1v) is 14.6. The fourth-order valence-electron chi connectivity index (χ4n) is 4.28. The van der Waals surface area contributed by atoms with Gasteiger partial charge in [0.05, 0.1) is 10.6 Å². The van der Waals surface area contributed by atoms with Crippen molar-refractivity contribution in [3.05, 3.63) is 95.1 Å². The van der Waals surface area contributed by atoms with Crippen LogP contribution in [0, 0.1) is 26.7 Å². The van der Waals surface area contributed by atoms with Crippen molar-refractivity contribution in [3.8, 4) is 0 Å². The Morgan fingerprint density at radius 2 is 1.54 bits per heavy atom. The molecule has 0 aliphatic rings. The number of carbonyl (C=O) groups excluding carboxylic acids is 2. The minimum Gasteiger partial charge on any atom is -0.354 e. The minimum atomic E-state index is -4.08. The van der Waals surface area contributed by atoms with E-state index in [9.17, 15) is 18.0 Å². The SMILES string of the molecule is Cc1cccc(CN(C(=O)CN(c2cccc(C)c2C)S(=O)(=O)c2ccccc2)C(C)C(=O)NCC(C)C)c1. The molecule has 7 nitrogen and oxygen atoms in total. The second kappa shape index (κ2) is 12.9. The molecule has 0 aliphatic heterocycles. The molecule has 1 N–H and O–H groups in total.